The van der Waals surface area contributed by atoms with Gasteiger partial charge in [-0.2, -0.15) is 0 Å². The second kappa shape index (κ2) is 9.76. The minimum atomic E-state index is -3.69. The average molecular weight is 426 g/mol. The molecule has 0 bridgehead atoms. The van der Waals surface area contributed by atoms with Gasteiger partial charge in [-0.15, -0.1) is 11.3 Å². The van der Waals surface area contributed by atoms with Crippen molar-refractivity contribution in [2.45, 2.75) is 38.5 Å². The molecule has 2 aromatic rings. The minimum absolute atomic E-state index is 0.0376. The maximum atomic E-state index is 12.4. The fraction of sp³-hybridized carbons (Fsp3) is 0.389. The van der Waals surface area contributed by atoms with Crippen LogP contribution in [-0.4, -0.2) is 38.4 Å². The van der Waals surface area contributed by atoms with Crippen LogP contribution in [-0.2, 0) is 30.8 Å². The zero-order valence-corrected chi connectivity index (χ0v) is 17.6. The Bertz CT molecular complexity index is 954. The van der Waals surface area contributed by atoms with E-state index >= 15 is 0 Å². The van der Waals surface area contributed by atoms with Crippen molar-refractivity contribution in [1.29, 1.82) is 0 Å². The van der Waals surface area contributed by atoms with Gasteiger partial charge in [-0.05, 0) is 38.0 Å². The maximum Gasteiger partial charge on any atom is 0.311 e. The number of rotatable bonds is 9. The van der Waals surface area contributed by atoms with Crippen LogP contribution in [0.15, 0.2) is 28.5 Å². The van der Waals surface area contributed by atoms with E-state index in [0.29, 0.717) is 23.0 Å². The number of aromatic nitrogens is 1. The van der Waals surface area contributed by atoms with Gasteiger partial charge in [0.1, 0.15) is 0 Å². The number of anilines is 1. The van der Waals surface area contributed by atoms with Crippen LogP contribution in [0.3, 0.4) is 0 Å². The van der Waals surface area contributed by atoms with Crippen molar-refractivity contribution >= 4 is 38.4 Å². The summed E-state index contributed by atoms with van der Waals surface area (Å²) in [6.07, 6.45) is -0.00721. The Balaban J connectivity index is 1.85. The minimum Gasteiger partial charge on any atom is -0.466 e. The summed E-state index contributed by atoms with van der Waals surface area (Å²) in [6.45, 7) is 5.51. The molecule has 0 atom stereocenters. The van der Waals surface area contributed by atoms with Crippen molar-refractivity contribution in [1.82, 2.24) is 9.71 Å². The highest BCUT2D eigenvalue weighted by Crippen LogP contribution is 2.17. The molecule has 152 valence electrons. The van der Waals surface area contributed by atoms with Gasteiger partial charge >= 0.3 is 5.97 Å². The van der Waals surface area contributed by atoms with Gasteiger partial charge < -0.3 is 10.1 Å². The molecule has 1 heterocycles. The molecule has 0 radical (unpaired) electrons. The number of hydrogen-bond donors (Lipinski definition) is 2. The van der Waals surface area contributed by atoms with E-state index in [9.17, 15) is 18.0 Å². The fourth-order valence-electron chi connectivity index (χ4n) is 2.36. The van der Waals surface area contributed by atoms with Crippen molar-refractivity contribution in [3.63, 3.8) is 0 Å². The van der Waals surface area contributed by atoms with Gasteiger partial charge in [-0.25, -0.2) is 18.1 Å². The summed E-state index contributed by atoms with van der Waals surface area (Å²) in [5, 5.41) is 4.61. The average Bonchev–Trinajstić information content (AvgIpc) is 3.03. The lowest BCUT2D eigenvalue weighted by molar-refractivity contribution is -0.142. The highest BCUT2D eigenvalue weighted by molar-refractivity contribution is 7.89. The molecule has 10 heteroatoms. The Morgan fingerprint density at radius 3 is 2.71 bits per heavy atom. The van der Waals surface area contributed by atoms with E-state index in [-0.39, 0.29) is 36.2 Å². The standard InChI is InChI=1S/C18H23N3O5S2/c1-4-26-17(23)10-14-11-27-18(20-14)21-16(22)7-8-19-28(24,25)15-9-12(2)5-6-13(15)3/h5-6,9,11,19H,4,7-8,10H2,1-3H3,(H,20,21,22). The molecule has 0 aliphatic carbocycles. The topological polar surface area (TPSA) is 114 Å². The number of aryl methyl sites for hydroxylation is 2. The molecule has 2 rings (SSSR count). The first kappa shape index (κ1) is 22.0. The van der Waals surface area contributed by atoms with Crippen molar-refractivity contribution in [2.75, 3.05) is 18.5 Å². The first-order valence-electron chi connectivity index (χ1n) is 8.68. The van der Waals surface area contributed by atoms with Gasteiger partial charge in [-0.1, -0.05) is 12.1 Å². The molecule has 28 heavy (non-hydrogen) atoms. The van der Waals surface area contributed by atoms with Crippen LogP contribution in [0.4, 0.5) is 5.13 Å². The van der Waals surface area contributed by atoms with Crippen molar-refractivity contribution in [3.8, 4) is 0 Å². The van der Waals surface area contributed by atoms with Crippen LogP contribution >= 0.6 is 11.3 Å². The monoisotopic (exact) mass is 425 g/mol. The van der Waals surface area contributed by atoms with E-state index in [1.54, 1.807) is 31.4 Å². The molecule has 0 saturated heterocycles. The van der Waals surface area contributed by atoms with E-state index < -0.39 is 10.0 Å². The summed E-state index contributed by atoms with van der Waals surface area (Å²) in [5.41, 5.74) is 1.99. The third kappa shape index (κ3) is 6.39. The summed E-state index contributed by atoms with van der Waals surface area (Å²) in [7, 11) is -3.69. The number of amides is 1. The Morgan fingerprint density at radius 1 is 1.25 bits per heavy atom. The SMILES string of the molecule is CCOC(=O)Cc1csc(NC(=O)CCNS(=O)(=O)c2cc(C)ccc2C)n1. The van der Waals surface area contributed by atoms with E-state index in [1.807, 2.05) is 13.0 Å². The Labute approximate surface area is 168 Å². The maximum absolute atomic E-state index is 12.4. The third-order valence-corrected chi connectivity index (χ3v) is 6.12. The summed E-state index contributed by atoms with van der Waals surface area (Å²) in [6, 6.07) is 5.18. The van der Waals surface area contributed by atoms with Crippen molar-refractivity contribution in [2.24, 2.45) is 0 Å². The van der Waals surface area contributed by atoms with E-state index in [4.69, 9.17) is 4.74 Å². The number of benzene rings is 1. The van der Waals surface area contributed by atoms with Crippen LogP contribution in [0.5, 0.6) is 0 Å². The summed E-state index contributed by atoms with van der Waals surface area (Å²) in [5.74, 6) is -0.757. The molecule has 0 unspecified atom stereocenters. The number of sulfonamides is 1. The van der Waals surface area contributed by atoms with Gasteiger partial charge in [0, 0.05) is 18.3 Å². The highest BCUT2D eigenvalue weighted by Gasteiger charge is 2.17. The van der Waals surface area contributed by atoms with Gasteiger partial charge in [0.15, 0.2) is 5.13 Å². The lowest BCUT2D eigenvalue weighted by atomic mass is 10.2. The summed E-state index contributed by atoms with van der Waals surface area (Å²) in [4.78, 5) is 27.8. The highest BCUT2D eigenvalue weighted by atomic mass is 32.2. The summed E-state index contributed by atoms with van der Waals surface area (Å²) >= 11 is 1.19. The fourth-order valence-corrected chi connectivity index (χ4v) is 4.45. The molecule has 1 aromatic heterocycles. The van der Waals surface area contributed by atoms with Crippen LogP contribution in [0.1, 0.15) is 30.2 Å². The number of hydrogen-bond acceptors (Lipinski definition) is 7. The number of carbonyl (C=O) groups is 2. The first-order chi connectivity index (χ1) is 13.2. The molecule has 0 aliphatic rings. The number of carbonyl (C=O) groups excluding carboxylic acids is 2. The molecule has 8 nitrogen and oxygen atoms in total. The smallest absolute Gasteiger partial charge is 0.311 e. The predicted octanol–water partition coefficient (Wildman–Crippen LogP) is 2.17. The Kier molecular flexibility index (Phi) is 7.67. The summed E-state index contributed by atoms with van der Waals surface area (Å²) < 4.78 is 32.1. The van der Waals surface area contributed by atoms with Crippen LogP contribution < -0.4 is 10.0 Å². The molecule has 1 aromatic carbocycles. The molecule has 0 saturated carbocycles. The van der Waals surface area contributed by atoms with Crippen LogP contribution in [0.2, 0.25) is 0 Å². The number of nitrogens with one attached hydrogen (secondary N) is 2. The largest absolute Gasteiger partial charge is 0.466 e. The predicted molar refractivity (Wildman–Crippen MR) is 107 cm³/mol. The number of esters is 1. The lowest BCUT2D eigenvalue weighted by Gasteiger charge is -2.10. The second-order valence-corrected chi connectivity index (χ2v) is 8.68. The molecular weight excluding hydrogens is 402 g/mol. The Morgan fingerprint density at radius 2 is 2.00 bits per heavy atom. The molecule has 0 aliphatic heterocycles. The van der Waals surface area contributed by atoms with Gasteiger partial charge in [0.05, 0.1) is 23.6 Å². The first-order valence-corrected chi connectivity index (χ1v) is 11.0. The zero-order valence-electron chi connectivity index (χ0n) is 15.9. The van der Waals surface area contributed by atoms with E-state index in [0.717, 1.165) is 5.56 Å². The molecule has 0 spiro atoms. The molecule has 1 amide bonds. The normalized spacial score (nSPS) is 11.2. The Hall–Kier alpha value is -2.30. The van der Waals surface area contributed by atoms with Gasteiger partial charge in [-0.3, -0.25) is 9.59 Å². The van der Waals surface area contributed by atoms with E-state index in [1.165, 1.54) is 11.3 Å². The number of ether oxygens (including phenoxy) is 1. The number of thiazole rings is 1. The quantitative estimate of drug-likeness (QED) is 0.595. The van der Waals surface area contributed by atoms with Crippen LogP contribution in [0.25, 0.3) is 0 Å². The molecular formula is C18H23N3O5S2. The van der Waals surface area contributed by atoms with Crippen molar-refractivity contribution < 1.29 is 22.7 Å². The van der Waals surface area contributed by atoms with Gasteiger partial charge in [0.2, 0.25) is 15.9 Å². The van der Waals surface area contributed by atoms with Gasteiger partial charge in [0.25, 0.3) is 0 Å². The molecule has 0 fully saturated rings. The number of nitrogens with zero attached hydrogens (tertiary/aromatic N) is 1. The van der Waals surface area contributed by atoms with E-state index in [2.05, 4.69) is 15.0 Å². The zero-order chi connectivity index (χ0) is 20.7. The van der Waals surface area contributed by atoms with Crippen LogP contribution in [0, 0.1) is 13.8 Å². The molecule has 2 N–H and O–H groups in total. The lowest BCUT2D eigenvalue weighted by Crippen LogP contribution is -2.28. The second-order valence-electron chi connectivity index (χ2n) is 6.09. The van der Waals surface area contributed by atoms with Crippen molar-refractivity contribution in [3.05, 3.63) is 40.4 Å². The third-order valence-electron chi connectivity index (χ3n) is 3.71.